The summed E-state index contributed by atoms with van der Waals surface area (Å²) in [5.41, 5.74) is 4.85. The number of H-pyrrole nitrogens is 1. The van der Waals surface area contributed by atoms with E-state index in [4.69, 9.17) is 4.74 Å². The largest absolute Gasteiger partial charge is 0.496 e. The lowest BCUT2D eigenvalue weighted by molar-refractivity contribution is 0.0950. The van der Waals surface area contributed by atoms with E-state index in [9.17, 15) is 4.79 Å². The fourth-order valence-electron chi connectivity index (χ4n) is 2.92. The van der Waals surface area contributed by atoms with E-state index in [1.165, 1.54) is 6.21 Å². The smallest absolute Gasteiger partial charge is 0.289 e. The van der Waals surface area contributed by atoms with Gasteiger partial charge in [-0.3, -0.25) is 14.9 Å². The molecular formula is C21H17N5O2. The number of rotatable bonds is 5. The number of pyridine rings is 1. The maximum Gasteiger partial charge on any atom is 0.289 e. The molecule has 0 bridgehead atoms. The number of carbonyl (C=O) groups is 1. The fourth-order valence-corrected chi connectivity index (χ4v) is 2.92. The Morgan fingerprint density at radius 1 is 1.14 bits per heavy atom. The lowest BCUT2D eigenvalue weighted by Crippen LogP contribution is -2.18. The van der Waals surface area contributed by atoms with Gasteiger partial charge in [-0.25, -0.2) is 5.43 Å². The molecule has 4 aromatic rings. The van der Waals surface area contributed by atoms with E-state index in [1.54, 1.807) is 25.4 Å². The monoisotopic (exact) mass is 371 g/mol. The zero-order valence-corrected chi connectivity index (χ0v) is 15.1. The van der Waals surface area contributed by atoms with Gasteiger partial charge in [0.2, 0.25) is 0 Å². The van der Waals surface area contributed by atoms with Crippen LogP contribution in [0.1, 0.15) is 16.2 Å². The average molecular weight is 371 g/mol. The number of aromatic nitrogens is 3. The van der Waals surface area contributed by atoms with Crippen molar-refractivity contribution in [1.82, 2.24) is 20.6 Å². The molecule has 0 aliphatic heterocycles. The number of benzene rings is 2. The molecule has 2 N–H and O–H groups in total. The molecule has 138 valence electrons. The summed E-state index contributed by atoms with van der Waals surface area (Å²) >= 11 is 0. The molecule has 7 nitrogen and oxygen atoms in total. The first-order valence-corrected chi connectivity index (χ1v) is 8.62. The van der Waals surface area contributed by atoms with Crippen LogP contribution in [0.3, 0.4) is 0 Å². The van der Waals surface area contributed by atoms with Crippen molar-refractivity contribution in [3.63, 3.8) is 0 Å². The zero-order valence-electron chi connectivity index (χ0n) is 15.1. The van der Waals surface area contributed by atoms with E-state index in [-0.39, 0.29) is 0 Å². The number of methoxy groups -OCH3 is 1. The quantitative estimate of drug-likeness (QED) is 0.415. The molecule has 2 heterocycles. The van der Waals surface area contributed by atoms with E-state index in [0.29, 0.717) is 22.8 Å². The number of hydrazone groups is 1. The Kier molecular flexibility index (Phi) is 4.79. The molecule has 0 saturated heterocycles. The Hall–Kier alpha value is -4.00. The molecule has 7 heteroatoms. The highest BCUT2D eigenvalue weighted by molar-refractivity contribution is 6.00. The topological polar surface area (TPSA) is 92.3 Å². The molecule has 2 aromatic heterocycles. The van der Waals surface area contributed by atoms with Crippen molar-refractivity contribution < 1.29 is 9.53 Å². The maximum absolute atomic E-state index is 12.3. The Balaban J connectivity index is 1.60. The third-order valence-electron chi connectivity index (χ3n) is 4.24. The highest BCUT2D eigenvalue weighted by atomic mass is 16.5. The van der Waals surface area contributed by atoms with Crippen molar-refractivity contribution in [2.24, 2.45) is 5.10 Å². The summed E-state index contributed by atoms with van der Waals surface area (Å²) in [6, 6.07) is 18.9. The second-order valence-corrected chi connectivity index (χ2v) is 5.98. The van der Waals surface area contributed by atoms with E-state index >= 15 is 0 Å². The first kappa shape index (κ1) is 17.4. The Labute approximate surface area is 161 Å². The molecule has 0 fully saturated rings. The molecule has 0 aliphatic rings. The lowest BCUT2D eigenvalue weighted by Gasteiger charge is -2.09. The predicted octanol–water partition coefficient (Wildman–Crippen LogP) is 3.40. The van der Waals surface area contributed by atoms with Crippen LogP contribution in [0.2, 0.25) is 0 Å². The number of amides is 1. The van der Waals surface area contributed by atoms with Gasteiger partial charge < -0.3 is 4.74 Å². The molecule has 4 rings (SSSR count). The molecule has 0 aliphatic carbocycles. The van der Waals surface area contributed by atoms with Gasteiger partial charge in [-0.1, -0.05) is 36.4 Å². The van der Waals surface area contributed by atoms with Crippen molar-refractivity contribution in [3.05, 3.63) is 78.2 Å². The van der Waals surface area contributed by atoms with Crippen LogP contribution in [-0.4, -0.2) is 34.4 Å². The third kappa shape index (κ3) is 3.45. The van der Waals surface area contributed by atoms with Crippen molar-refractivity contribution in [2.75, 3.05) is 7.11 Å². The molecule has 0 radical (unpaired) electrons. The molecule has 0 spiro atoms. The summed E-state index contributed by atoms with van der Waals surface area (Å²) in [6.07, 6.45) is 3.13. The van der Waals surface area contributed by atoms with Crippen LogP contribution in [0.25, 0.3) is 22.0 Å². The average Bonchev–Trinajstić information content (AvgIpc) is 3.23. The van der Waals surface area contributed by atoms with Gasteiger partial charge in [-0.15, -0.1) is 0 Å². The number of nitrogens with zero attached hydrogens (tertiary/aromatic N) is 3. The van der Waals surface area contributed by atoms with Gasteiger partial charge >= 0.3 is 0 Å². The third-order valence-corrected chi connectivity index (χ3v) is 4.24. The van der Waals surface area contributed by atoms with E-state index in [1.807, 2.05) is 48.5 Å². The Bertz CT molecular complexity index is 1150. The summed E-state index contributed by atoms with van der Waals surface area (Å²) in [5, 5.41) is 13.0. The fraction of sp³-hybridized carbons (Fsp3) is 0.0476. The van der Waals surface area contributed by atoms with E-state index in [0.717, 1.165) is 16.3 Å². The Morgan fingerprint density at radius 3 is 2.82 bits per heavy atom. The van der Waals surface area contributed by atoms with Gasteiger partial charge in [-0.05, 0) is 35.0 Å². The van der Waals surface area contributed by atoms with Crippen LogP contribution < -0.4 is 10.2 Å². The number of ether oxygens (including phenoxy) is 1. The van der Waals surface area contributed by atoms with E-state index in [2.05, 4.69) is 25.7 Å². The van der Waals surface area contributed by atoms with E-state index < -0.39 is 5.91 Å². The summed E-state index contributed by atoms with van der Waals surface area (Å²) in [6.45, 7) is 0. The zero-order chi connectivity index (χ0) is 19.3. The number of carbonyl (C=O) groups excluding carboxylic acids is 1. The number of hydrogen-bond acceptors (Lipinski definition) is 5. The summed E-state index contributed by atoms with van der Waals surface area (Å²) < 4.78 is 5.51. The highest BCUT2D eigenvalue weighted by Gasteiger charge is 2.16. The molecule has 1 amide bonds. The number of nitrogens with one attached hydrogen (secondary N) is 2. The second kappa shape index (κ2) is 7.71. The van der Waals surface area contributed by atoms with Crippen molar-refractivity contribution in [2.45, 2.75) is 0 Å². The molecular weight excluding hydrogens is 354 g/mol. The number of aromatic amines is 1. The van der Waals surface area contributed by atoms with Crippen molar-refractivity contribution in [3.8, 4) is 17.0 Å². The van der Waals surface area contributed by atoms with Crippen LogP contribution in [-0.2, 0) is 0 Å². The molecule has 0 atom stereocenters. The van der Waals surface area contributed by atoms with Gasteiger partial charge in [-0.2, -0.15) is 10.2 Å². The molecule has 0 unspecified atom stereocenters. The minimum absolute atomic E-state index is 0.295. The SMILES string of the molecule is COc1ccc2ccccc2c1-c1cc(C(=O)N/N=C\c2ccccn2)[nH]n1. The van der Waals surface area contributed by atoms with Crippen molar-refractivity contribution in [1.29, 1.82) is 0 Å². The van der Waals surface area contributed by atoms with Gasteiger partial charge in [0.05, 0.1) is 30.3 Å². The summed E-state index contributed by atoms with van der Waals surface area (Å²) in [5.74, 6) is 0.287. The van der Waals surface area contributed by atoms with Crippen LogP contribution >= 0.6 is 0 Å². The normalized spacial score (nSPS) is 11.0. The predicted molar refractivity (Wildman–Crippen MR) is 107 cm³/mol. The number of fused-ring (bicyclic) bond motifs is 1. The van der Waals surface area contributed by atoms with Gasteiger partial charge in [0, 0.05) is 6.20 Å². The van der Waals surface area contributed by atoms with Crippen LogP contribution in [0.15, 0.2) is 72.0 Å². The summed E-state index contributed by atoms with van der Waals surface area (Å²) in [4.78, 5) is 16.5. The van der Waals surface area contributed by atoms with Gasteiger partial charge in [0.1, 0.15) is 11.4 Å². The van der Waals surface area contributed by atoms with Crippen LogP contribution in [0.5, 0.6) is 5.75 Å². The lowest BCUT2D eigenvalue weighted by atomic mass is 10.0. The summed E-state index contributed by atoms with van der Waals surface area (Å²) in [7, 11) is 1.61. The Morgan fingerprint density at radius 2 is 2.00 bits per heavy atom. The highest BCUT2D eigenvalue weighted by Crippen LogP contribution is 2.36. The van der Waals surface area contributed by atoms with Crippen molar-refractivity contribution >= 4 is 22.9 Å². The first-order chi connectivity index (χ1) is 13.8. The van der Waals surface area contributed by atoms with Gasteiger partial charge in [0.15, 0.2) is 0 Å². The van der Waals surface area contributed by atoms with Gasteiger partial charge in [0.25, 0.3) is 5.91 Å². The maximum atomic E-state index is 12.3. The van der Waals surface area contributed by atoms with Crippen LogP contribution in [0.4, 0.5) is 0 Å². The minimum atomic E-state index is -0.398. The molecule has 2 aromatic carbocycles. The molecule has 28 heavy (non-hydrogen) atoms. The van der Waals surface area contributed by atoms with Crippen LogP contribution in [0, 0.1) is 0 Å². The molecule has 0 saturated carbocycles. The standard InChI is InChI=1S/C21H17N5O2/c1-28-19-10-9-14-6-2-3-8-16(14)20(19)17-12-18(25-24-17)21(27)26-23-13-15-7-4-5-11-22-15/h2-13H,1H3,(H,24,25)(H,26,27)/b23-13-. The number of hydrogen-bond donors (Lipinski definition) is 2. The minimum Gasteiger partial charge on any atom is -0.496 e. The second-order valence-electron chi connectivity index (χ2n) is 5.98. The first-order valence-electron chi connectivity index (χ1n) is 8.62.